The number of Topliss-reactive ketones (excluding diaryl/α,β-unsaturated/α-hetero) is 2. The van der Waals surface area contributed by atoms with E-state index in [0.717, 1.165) is 19.3 Å². The highest BCUT2D eigenvalue weighted by Gasteiger charge is 2.66. The Kier molecular flexibility index (Phi) is 6.01. The molecule has 0 spiro atoms. The molecule has 1 aromatic rings. The maximum Gasteiger partial charge on any atom is 0.309 e. The van der Waals surface area contributed by atoms with Crippen molar-refractivity contribution in [3.05, 3.63) is 40.2 Å². The molecule has 1 aromatic carbocycles. The molecule has 11 nitrogen and oxygen atoms in total. The summed E-state index contributed by atoms with van der Waals surface area (Å²) >= 11 is 0. The van der Waals surface area contributed by atoms with Crippen LogP contribution >= 0.6 is 0 Å². The normalized spacial score (nSPS) is 31.4. The minimum atomic E-state index is -2.89. The van der Waals surface area contributed by atoms with Gasteiger partial charge in [-0.3, -0.25) is 19.2 Å². The molecule has 38 heavy (non-hydrogen) atoms. The quantitative estimate of drug-likeness (QED) is 0.145. The molecule has 0 saturated heterocycles. The smallest absolute Gasteiger partial charge is 0.309 e. The summed E-state index contributed by atoms with van der Waals surface area (Å²) in [5.74, 6) is -10.0. The number of primary amides is 1. The number of ketones is 2. The zero-order valence-corrected chi connectivity index (χ0v) is 20.8. The van der Waals surface area contributed by atoms with Crippen LogP contribution in [-0.4, -0.2) is 55.6 Å². The van der Waals surface area contributed by atoms with E-state index in [4.69, 9.17) is 16.2 Å². The summed E-state index contributed by atoms with van der Waals surface area (Å²) in [5, 5.41) is 44.5. The van der Waals surface area contributed by atoms with E-state index < -0.39 is 87.9 Å². The van der Waals surface area contributed by atoms with Gasteiger partial charge in [-0.2, -0.15) is 0 Å². The molecule has 0 radical (unpaired) electrons. The topological polar surface area (TPSA) is 210 Å². The van der Waals surface area contributed by atoms with Crippen LogP contribution in [0, 0.1) is 17.8 Å². The van der Waals surface area contributed by atoms with Crippen LogP contribution in [0.4, 0.5) is 5.69 Å². The second-order valence-corrected chi connectivity index (χ2v) is 10.7. The third kappa shape index (κ3) is 3.44. The van der Waals surface area contributed by atoms with Crippen molar-refractivity contribution >= 4 is 34.9 Å². The summed E-state index contributed by atoms with van der Waals surface area (Å²) in [6.45, 7) is 1.67. The number of ether oxygens (including phenoxy) is 1. The number of anilines is 1. The Labute approximate surface area is 217 Å². The molecule has 0 aliphatic heterocycles. The first-order valence-corrected chi connectivity index (χ1v) is 12.7. The fourth-order valence-electron chi connectivity index (χ4n) is 6.80. The predicted octanol–water partition coefficient (Wildman–Crippen LogP) is 1.67. The Morgan fingerprint density at radius 2 is 1.74 bits per heavy atom. The number of benzene rings is 1. The minimum absolute atomic E-state index is 0.123. The molecule has 2 fully saturated rings. The number of fused-ring (bicyclic) bond motifs is 3. The molecule has 5 unspecified atom stereocenters. The molecule has 202 valence electrons. The number of hydrogen-bond acceptors (Lipinski definition) is 10. The van der Waals surface area contributed by atoms with Gasteiger partial charge >= 0.3 is 5.97 Å². The van der Waals surface area contributed by atoms with E-state index in [1.54, 1.807) is 6.92 Å². The van der Waals surface area contributed by atoms with Crippen molar-refractivity contribution in [3.63, 3.8) is 0 Å². The summed E-state index contributed by atoms with van der Waals surface area (Å²) in [6, 6.07) is 2.68. The number of phenolic OH excluding ortho intramolecular Hbond substituents is 1. The molecule has 0 heterocycles. The lowest BCUT2D eigenvalue weighted by molar-refractivity contribution is -0.182. The maximum absolute atomic E-state index is 13.9. The number of aliphatic hydroxyl groups is 3. The average Bonchev–Trinajstić information content (AvgIpc) is 2.87. The van der Waals surface area contributed by atoms with E-state index in [-0.39, 0.29) is 17.0 Å². The molecule has 5 rings (SSSR count). The molecule has 11 heteroatoms. The number of phenols is 1. The van der Waals surface area contributed by atoms with Crippen molar-refractivity contribution in [1.82, 2.24) is 0 Å². The minimum Gasteiger partial charge on any atom is -0.508 e. The first-order chi connectivity index (χ1) is 17.9. The molecule has 4 aliphatic rings. The Morgan fingerprint density at radius 1 is 1.08 bits per heavy atom. The van der Waals surface area contributed by atoms with Crippen LogP contribution in [0.2, 0.25) is 0 Å². The monoisotopic (exact) mass is 526 g/mol. The van der Waals surface area contributed by atoms with E-state index in [1.807, 2.05) is 0 Å². The predicted molar refractivity (Wildman–Crippen MR) is 132 cm³/mol. The SMILES string of the molecule is CC1c2c(N)ccc(O)c2C(O)=C2C(=O)C3(O)C(O)=C(C(N)=O)C(=O)CC3C(OC(=O)C3CCCCC3)C21. The van der Waals surface area contributed by atoms with E-state index in [2.05, 4.69) is 0 Å². The molecule has 4 aliphatic carbocycles. The molecular weight excluding hydrogens is 496 g/mol. The third-order valence-corrected chi connectivity index (χ3v) is 8.67. The Balaban J connectivity index is 1.74. The fraction of sp³-hybridized carbons (Fsp3) is 0.481. The van der Waals surface area contributed by atoms with Crippen molar-refractivity contribution in [2.45, 2.75) is 63.1 Å². The second kappa shape index (κ2) is 8.87. The van der Waals surface area contributed by atoms with Gasteiger partial charge in [0, 0.05) is 29.5 Å². The van der Waals surface area contributed by atoms with Crippen LogP contribution in [0.5, 0.6) is 5.75 Å². The standard InChI is InChI=1S/C27H30N2O9/c1-10-16-13(28)7-8-14(30)18(16)21(32)20-17(10)22(38-26(36)11-5-3-2-4-6-11)12-9-15(31)19(25(29)35)23(33)27(12,37)24(20)34/h7-8,10-12,17,22,30,32-33,37H,2-6,9,28H2,1H3,(H2,29,35). The largest absolute Gasteiger partial charge is 0.508 e. The Hall–Kier alpha value is -3.86. The van der Waals surface area contributed by atoms with Crippen molar-refractivity contribution in [2.75, 3.05) is 5.73 Å². The lowest BCUT2D eigenvalue weighted by Crippen LogP contribution is -2.64. The van der Waals surface area contributed by atoms with Gasteiger partial charge in [-0.25, -0.2) is 0 Å². The molecule has 2 saturated carbocycles. The van der Waals surface area contributed by atoms with Crippen LogP contribution < -0.4 is 11.5 Å². The molecule has 5 atom stereocenters. The van der Waals surface area contributed by atoms with Gasteiger partial charge in [0.25, 0.3) is 5.91 Å². The van der Waals surface area contributed by atoms with Crippen molar-refractivity contribution < 1.29 is 44.3 Å². The molecule has 1 amide bonds. The van der Waals surface area contributed by atoms with Gasteiger partial charge in [0.1, 0.15) is 28.9 Å². The average molecular weight is 527 g/mol. The van der Waals surface area contributed by atoms with Crippen molar-refractivity contribution in [3.8, 4) is 5.75 Å². The van der Waals surface area contributed by atoms with Crippen molar-refractivity contribution in [1.29, 1.82) is 0 Å². The maximum atomic E-state index is 13.9. The van der Waals surface area contributed by atoms with E-state index in [9.17, 15) is 39.6 Å². The highest BCUT2D eigenvalue weighted by atomic mass is 16.5. The summed E-state index contributed by atoms with van der Waals surface area (Å²) in [4.78, 5) is 52.1. The van der Waals surface area contributed by atoms with Gasteiger partial charge in [0.2, 0.25) is 5.78 Å². The fourth-order valence-corrected chi connectivity index (χ4v) is 6.80. The number of hydrogen-bond donors (Lipinski definition) is 6. The number of carbonyl (C=O) groups excluding carboxylic acids is 4. The lowest BCUT2D eigenvalue weighted by atomic mass is 9.55. The van der Waals surface area contributed by atoms with Crippen molar-refractivity contribution in [2.24, 2.45) is 23.5 Å². The van der Waals surface area contributed by atoms with Gasteiger partial charge in [-0.15, -0.1) is 0 Å². The molecule has 0 bridgehead atoms. The molecular formula is C27H30N2O9. The van der Waals surface area contributed by atoms with Crippen LogP contribution in [0.1, 0.15) is 62.5 Å². The van der Waals surface area contributed by atoms with Crippen LogP contribution in [0.3, 0.4) is 0 Å². The number of esters is 1. The highest BCUT2D eigenvalue weighted by Crippen LogP contribution is 2.57. The zero-order chi connectivity index (χ0) is 27.7. The number of nitrogen functional groups attached to an aromatic ring is 1. The summed E-state index contributed by atoms with van der Waals surface area (Å²) in [6.07, 6.45) is 1.83. The molecule has 0 aromatic heterocycles. The number of amides is 1. The molecule has 8 N–H and O–H groups in total. The number of rotatable bonds is 3. The van der Waals surface area contributed by atoms with Gasteiger partial charge in [-0.1, -0.05) is 26.2 Å². The van der Waals surface area contributed by atoms with E-state index in [1.165, 1.54) is 12.1 Å². The van der Waals surface area contributed by atoms with Gasteiger partial charge in [0.15, 0.2) is 11.4 Å². The summed E-state index contributed by atoms with van der Waals surface area (Å²) in [7, 11) is 0. The lowest BCUT2D eigenvalue weighted by Gasteiger charge is -2.51. The first-order valence-electron chi connectivity index (χ1n) is 12.7. The number of carbonyl (C=O) groups is 4. The van der Waals surface area contributed by atoms with E-state index in [0.29, 0.717) is 18.4 Å². The number of aromatic hydroxyl groups is 1. The summed E-state index contributed by atoms with van der Waals surface area (Å²) < 4.78 is 5.98. The van der Waals surface area contributed by atoms with Gasteiger partial charge in [0.05, 0.1) is 11.5 Å². The number of aliphatic hydroxyl groups excluding tert-OH is 2. The van der Waals surface area contributed by atoms with Crippen LogP contribution in [-0.2, 0) is 23.9 Å². The summed E-state index contributed by atoms with van der Waals surface area (Å²) in [5.41, 5.74) is 7.65. The zero-order valence-electron chi connectivity index (χ0n) is 20.8. The van der Waals surface area contributed by atoms with Gasteiger partial charge < -0.3 is 36.6 Å². The first kappa shape index (κ1) is 25.8. The Morgan fingerprint density at radius 3 is 2.37 bits per heavy atom. The van der Waals surface area contributed by atoms with Crippen LogP contribution in [0.15, 0.2) is 29.0 Å². The highest BCUT2D eigenvalue weighted by molar-refractivity contribution is 6.23. The van der Waals surface area contributed by atoms with E-state index >= 15 is 0 Å². The van der Waals surface area contributed by atoms with Gasteiger partial charge in [-0.05, 0) is 36.5 Å². The Bertz CT molecular complexity index is 1340. The van der Waals surface area contributed by atoms with Crippen LogP contribution in [0.25, 0.3) is 5.76 Å². The second-order valence-electron chi connectivity index (χ2n) is 10.7. The number of nitrogens with two attached hydrogens (primary N) is 2. The third-order valence-electron chi connectivity index (χ3n) is 8.67.